The number of hydrogen-bond acceptors (Lipinski definition) is 4. The summed E-state index contributed by atoms with van der Waals surface area (Å²) in [6.07, 6.45) is 1.09. The Morgan fingerprint density at radius 3 is 3.27 bits per heavy atom. The molecule has 0 bridgehead atoms. The summed E-state index contributed by atoms with van der Waals surface area (Å²) >= 11 is 0. The molecule has 2 N–H and O–H groups in total. The van der Waals surface area contributed by atoms with E-state index in [9.17, 15) is 4.79 Å². The molecule has 0 radical (unpaired) electrons. The summed E-state index contributed by atoms with van der Waals surface area (Å²) < 4.78 is 0. The van der Waals surface area contributed by atoms with Crippen LogP contribution in [-0.4, -0.2) is 21.1 Å². The van der Waals surface area contributed by atoms with E-state index in [-0.39, 0.29) is 12.4 Å². The largest absolute Gasteiger partial charge is 0.294 e. The van der Waals surface area contributed by atoms with Crippen molar-refractivity contribution in [2.24, 2.45) is 0 Å². The lowest BCUT2D eigenvalue weighted by Gasteiger charge is -1.93. The maximum absolute atomic E-state index is 10.7. The maximum Gasteiger partial charge on any atom is 0.240 e. The van der Waals surface area contributed by atoms with Crippen LogP contribution in [-0.2, 0) is 4.79 Å². The number of carbonyl (C=O) groups is 1. The molecule has 0 saturated heterocycles. The first-order valence-corrected chi connectivity index (χ1v) is 2.85. The van der Waals surface area contributed by atoms with Crippen LogP contribution in [0.4, 0.5) is 5.95 Å². The molecule has 1 aromatic rings. The highest BCUT2D eigenvalue weighted by Crippen LogP contribution is 1.92. The van der Waals surface area contributed by atoms with E-state index in [1.165, 1.54) is 6.33 Å². The molecule has 0 unspecified atom stereocenters. The maximum atomic E-state index is 10.7. The standard InChI is InChI=1S/C5H5N5O/c6-2-1-4(11)9-5-7-3-8-10-5/h3H,1H2,(H2,7,8,9,10,11). The van der Waals surface area contributed by atoms with Crippen molar-refractivity contribution in [1.29, 1.82) is 5.26 Å². The predicted octanol–water partition coefficient (Wildman–Crippen LogP) is -0.343. The van der Waals surface area contributed by atoms with E-state index in [0.29, 0.717) is 0 Å². The van der Waals surface area contributed by atoms with E-state index in [1.807, 2.05) is 0 Å². The Kier molecular flexibility index (Phi) is 2.17. The van der Waals surface area contributed by atoms with E-state index in [0.717, 1.165) is 0 Å². The minimum atomic E-state index is -0.399. The number of nitrogens with zero attached hydrogens (tertiary/aromatic N) is 3. The van der Waals surface area contributed by atoms with Gasteiger partial charge in [0, 0.05) is 0 Å². The van der Waals surface area contributed by atoms with Crippen LogP contribution in [0.3, 0.4) is 0 Å². The lowest BCUT2D eigenvalue weighted by molar-refractivity contribution is -0.115. The van der Waals surface area contributed by atoms with Crippen LogP contribution in [0.5, 0.6) is 0 Å². The second-order valence-electron chi connectivity index (χ2n) is 1.72. The van der Waals surface area contributed by atoms with Crippen LogP contribution >= 0.6 is 0 Å². The highest BCUT2D eigenvalue weighted by molar-refractivity contribution is 5.90. The number of aromatic amines is 1. The van der Waals surface area contributed by atoms with Gasteiger partial charge in [-0.25, -0.2) is 5.10 Å². The molecular weight excluding hydrogens is 146 g/mol. The number of nitrogens with one attached hydrogen (secondary N) is 2. The molecule has 1 amide bonds. The minimum Gasteiger partial charge on any atom is -0.294 e. The summed E-state index contributed by atoms with van der Waals surface area (Å²) in [5.41, 5.74) is 0. The van der Waals surface area contributed by atoms with Crippen LogP contribution in [0.25, 0.3) is 0 Å². The number of amides is 1. The van der Waals surface area contributed by atoms with Gasteiger partial charge in [0.1, 0.15) is 12.7 Å². The van der Waals surface area contributed by atoms with E-state index in [1.54, 1.807) is 6.07 Å². The van der Waals surface area contributed by atoms with Crippen LogP contribution < -0.4 is 5.32 Å². The van der Waals surface area contributed by atoms with Gasteiger partial charge >= 0.3 is 0 Å². The Morgan fingerprint density at radius 1 is 1.91 bits per heavy atom. The highest BCUT2D eigenvalue weighted by Gasteiger charge is 2.01. The van der Waals surface area contributed by atoms with Gasteiger partial charge in [0.05, 0.1) is 6.07 Å². The number of hydrogen-bond donors (Lipinski definition) is 2. The second kappa shape index (κ2) is 3.31. The molecule has 1 rings (SSSR count). The summed E-state index contributed by atoms with van der Waals surface area (Å²) in [5, 5.41) is 16.4. The molecule has 6 nitrogen and oxygen atoms in total. The number of carbonyl (C=O) groups excluding carboxylic acids is 1. The fourth-order valence-electron chi connectivity index (χ4n) is 0.514. The fourth-order valence-corrected chi connectivity index (χ4v) is 0.514. The molecule has 0 fully saturated rings. The third kappa shape index (κ3) is 2.06. The number of nitriles is 1. The highest BCUT2D eigenvalue weighted by atomic mass is 16.1. The zero-order valence-corrected chi connectivity index (χ0v) is 5.53. The molecule has 0 atom stereocenters. The average molecular weight is 151 g/mol. The molecule has 0 aliphatic rings. The van der Waals surface area contributed by atoms with Gasteiger partial charge in [-0.15, -0.1) is 0 Å². The first-order valence-electron chi connectivity index (χ1n) is 2.85. The van der Waals surface area contributed by atoms with E-state index in [2.05, 4.69) is 20.5 Å². The Hall–Kier alpha value is -1.90. The van der Waals surface area contributed by atoms with Crippen molar-refractivity contribution >= 4 is 11.9 Å². The summed E-state index contributed by atoms with van der Waals surface area (Å²) in [7, 11) is 0. The van der Waals surface area contributed by atoms with Crippen molar-refractivity contribution in [3.63, 3.8) is 0 Å². The van der Waals surface area contributed by atoms with Gasteiger partial charge in [-0.05, 0) is 0 Å². The van der Waals surface area contributed by atoms with E-state index >= 15 is 0 Å². The molecule has 0 spiro atoms. The molecule has 0 aliphatic carbocycles. The molecule has 1 heterocycles. The smallest absolute Gasteiger partial charge is 0.240 e. The Morgan fingerprint density at radius 2 is 2.73 bits per heavy atom. The van der Waals surface area contributed by atoms with Gasteiger partial charge in [-0.3, -0.25) is 10.1 Å². The van der Waals surface area contributed by atoms with Gasteiger partial charge < -0.3 is 0 Å². The lowest BCUT2D eigenvalue weighted by atomic mass is 10.4. The van der Waals surface area contributed by atoms with Crippen molar-refractivity contribution in [1.82, 2.24) is 15.2 Å². The average Bonchev–Trinajstić information content (AvgIpc) is 2.40. The lowest BCUT2D eigenvalue weighted by Crippen LogP contribution is -2.11. The number of anilines is 1. The molecule has 11 heavy (non-hydrogen) atoms. The van der Waals surface area contributed by atoms with Gasteiger partial charge in [0.25, 0.3) is 0 Å². The van der Waals surface area contributed by atoms with Gasteiger partial charge in [0.15, 0.2) is 0 Å². The monoisotopic (exact) mass is 151 g/mol. The summed E-state index contributed by atoms with van der Waals surface area (Å²) in [6, 6.07) is 1.71. The molecule has 56 valence electrons. The Balaban J connectivity index is 2.45. The molecule has 0 aliphatic heterocycles. The second-order valence-corrected chi connectivity index (χ2v) is 1.72. The van der Waals surface area contributed by atoms with Gasteiger partial charge in [0.2, 0.25) is 11.9 Å². The molecule has 1 aromatic heterocycles. The molecule has 6 heteroatoms. The minimum absolute atomic E-state index is 0.180. The summed E-state index contributed by atoms with van der Waals surface area (Å²) in [5.74, 6) is -0.144. The number of rotatable bonds is 2. The van der Waals surface area contributed by atoms with Crippen LogP contribution in [0.1, 0.15) is 6.42 Å². The zero-order valence-electron chi connectivity index (χ0n) is 5.53. The molecule has 0 saturated carbocycles. The molecule has 0 aromatic carbocycles. The summed E-state index contributed by atoms with van der Waals surface area (Å²) in [6.45, 7) is 0. The zero-order chi connectivity index (χ0) is 8.10. The first-order chi connectivity index (χ1) is 5.33. The molecular formula is C5H5N5O. The predicted molar refractivity (Wildman–Crippen MR) is 35.2 cm³/mol. The fraction of sp³-hybridized carbons (Fsp3) is 0.200. The van der Waals surface area contributed by atoms with Crippen LogP contribution in [0.2, 0.25) is 0 Å². The van der Waals surface area contributed by atoms with Crippen LogP contribution in [0, 0.1) is 11.3 Å². The summed E-state index contributed by atoms with van der Waals surface area (Å²) in [4.78, 5) is 14.3. The quantitative estimate of drug-likeness (QED) is 0.604. The van der Waals surface area contributed by atoms with E-state index in [4.69, 9.17) is 5.26 Å². The van der Waals surface area contributed by atoms with Crippen molar-refractivity contribution in [3.8, 4) is 6.07 Å². The SMILES string of the molecule is N#CCC(=O)Nc1ncn[nH]1. The van der Waals surface area contributed by atoms with Crippen molar-refractivity contribution in [3.05, 3.63) is 6.33 Å². The Labute approximate surface area is 62.2 Å². The Bertz CT molecular complexity index is 272. The number of H-pyrrole nitrogens is 1. The third-order valence-electron chi connectivity index (χ3n) is 0.912. The van der Waals surface area contributed by atoms with E-state index < -0.39 is 5.91 Å². The van der Waals surface area contributed by atoms with Gasteiger partial charge in [-0.1, -0.05) is 0 Å². The number of aromatic nitrogens is 3. The van der Waals surface area contributed by atoms with Crippen molar-refractivity contribution < 1.29 is 4.79 Å². The first kappa shape index (κ1) is 7.21. The van der Waals surface area contributed by atoms with Crippen molar-refractivity contribution in [2.75, 3.05) is 5.32 Å². The van der Waals surface area contributed by atoms with Crippen molar-refractivity contribution in [2.45, 2.75) is 6.42 Å². The normalized spacial score (nSPS) is 8.64. The van der Waals surface area contributed by atoms with Gasteiger partial charge in [-0.2, -0.15) is 15.3 Å². The topological polar surface area (TPSA) is 94.5 Å². The van der Waals surface area contributed by atoms with Crippen LogP contribution in [0.15, 0.2) is 6.33 Å². The third-order valence-corrected chi connectivity index (χ3v) is 0.912.